The maximum Gasteiger partial charge on any atom is 0.177 e. The van der Waals surface area contributed by atoms with E-state index in [4.69, 9.17) is 10.5 Å². The number of carbonyl (C=O) groups is 1. The van der Waals surface area contributed by atoms with Gasteiger partial charge in [0.2, 0.25) is 0 Å². The zero-order valence-corrected chi connectivity index (χ0v) is 12.8. The molecule has 19 heavy (non-hydrogen) atoms. The lowest BCUT2D eigenvalue weighted by atomic mass is 10.1. The molecule has 106 valence electrons. The van der Waals surface area contributed by atoms with Crippen LogP contribution in [0.4, 0.5) is 10.7 Å². The summed E-state index contributed by atoms with van der Waals surface area (Å²) in [5.74, 6) is 1.40. The summed E-state index contributed by atoms with van der Waals surface area (Å²) < 4.78 is 5.43. The lowest BCUT2D eigenvalue weighted by Gasteiger charge is -2.17. The van der Waals surface area contributed by atoms with Crippen LogP contribution in [-0.4, -0.2) is 26.0 Å². The predicted octanol–water partition coefficient (Wildman–Crippen LogP) is 3.02. The molecule has 0 bridgehead atoms. The Morgan fingerprint density at radius 3 is 2.68 bits per heavy atom. The van der Waals surface area contributed by atoms with Gasteiger partial charge in [-0.25, -0.2) is 0 Å². The quantitative estimate of drug-likeness (QED) is 0.862. The molecule has 1 fully saturated rings. The number of rotatable bonds is 4. The molecule has 1 atom stereocenters. The van der Waals surface area contributed by atoms with Crippen LogP contribution in [0.5, 0.6) is 5.75 Å². The van der Waals surface area contributed by atoms with Crippen molar-refractivity contribution in [3.05, 3.63) is 4.88 Å². The molecular weight excluding hydrogens is 260 g/mol. The van der Waals surface area contributed by atoms with Crippen LogP contribution in [0.15, 0.2) is 0 Å². The largest absolute Gasteiger partial charge is 0.492 e. The normalized spacial score (nSPS) is 19.2. The van der Waals surface area contributed by atoms with Crippen molar-refractivity contribution in [2.75, 3.05) is 30.8 Å². The summed E-state index contributed by atoms with van der Waals surface area (Å²) >= 11 is 1.47. The Morgan fingerprint density at radius 2 is 2.21 bits per heavy atom. The zero-order valence-electron chi connectivity index (χ0n) is 12.0. The number of nitrogens with zero attached hydrogens (tertiary/aromatic N) is 1. The topological polar surface area (TPSA) is 55.6 Å². The number of ether oxygens (including phenoxy) is 1. The monoisotopic (exact) mass is 282 g/mol. The first kappa shape index (κ1) is 14.2. The minimum atomic E-state index is -0.0454. The number of nitrogens with two attached hydrogens (primary N) is 1. The third-order valence-corrected chi connectivity index (χ3v) is 4.81. The minimum absolute atomic E-state index is 0.0454. The van der Waals surface area contributed by atoms with Crippen LogP contribution in [-0.2, 0) is 0 Å². The van der Waals surface area contributed by atoms with Crippen molar-refractivity contribution < 1.29 is 9.53 Å². The smallest absolute Gasteiger partial charge is 0.177 e. The van der Waals surface area contributed by atoms with Crippen molar-refractivity contribution in [3.8, 4) is 5.75 Å². The van der Waals surface area contributed by atoms with Crippen LogP contribution in [0.1, 0.15) is 36.9 Å². The minimum Gasteiger partial charge on any atom is -0.492 e. The number of methoxy groups -OCH3 is 1. The highest BCUT2D eigenvalue weighted by Crippen LogP contribution is 2.46. The lowest BCUT2D eigenvalue weighted by Crippen LogP contribution is -2.18. The highest BCUT2D eigenvalue weighted by Gasteiger charge is 2.29. The predicted molar refractivity (Wildman–Crippen MR) is 80.4 cm³/mol. The number of ketones is 1. The van der Waals surface area contributed by atoms with Gasteiger partial charge in [-0.2, -0.15) is 0 Å². The summed E-state index contributed by atoms with van der Waals surface area (Å²) in [6, 6.07) is 0. The van der Waals surface area contributed by atoms with Gasteiger partial charge >= 0.3 is 0 Å². The van der Waals surface area contributed by atoms with E-state index < -0.39 is 0 Å². The fraction of sp³-hybridized carbons (Fsp3) is 0.643. The molecule has 0 aromatic carbocycles. The second kappa shape index (κ2) is 5.41. The van der Waals surface area contributed by atoms with E-state index in [1.165, 1.54) is 17.8 Å². The molecule has 1 aliphatic rings. The van der Waals surface area contributed by atoms with Crippen LogP contribution >= 0.6 is 11.3 Å². The number of anilines is 2. The van der Waals surface area contributed by atoms with Gasteiger partial charge in [0.05, 0.1) is 17.7 Å². The van der Waals surface area contributed by atoms with E-state index >= 15 is 0 Å². The van der Waals surface area contributed by atoms with Gasteiger partial charge in [0.15, 0.2) is 11.5 Å². The average Bonchev–Trinajstić information content (AvgIpc) is 2.92. The molecule has 1 aliphatic heterocycles. The Kier molecular flexibility index (Phi) is 4.04. The van der Waals surface area contributed by atoms with E-state index in [-0.39, 0.29) is 11.7 Å². The number of carbonyl (C=O) groups excluding carboxylic acids is 1. The van der Waals surface area contributed by atoms with E-state index in [1.807, 2.05) is 13.8 Å². The Bertz CT molecular complexity index is 482. The highest BCUT2D eigenvalue weighted by atomic mass is 32.1. The number of Topliss-reactive ketones (excluding diaryl/α,β-unsaturated/α-hetero) is 1. The van der Waals surface area contributed by atoms with Crippen LogP contribution in [0.25, 0.3) is 0 Å². The van der Waals surface area contributed by atoms with Gasteiger partial charge in [0.1, 0.15) is 5.00 Å². The summed E-state index contributed by atoms with van der Waals surface area (Å²) in [5.41, 5.74) is 6.59. The van der Waals surface area contributed by atoms with Gasteiger partial charge in [-0.1, -0.05) is 20.8 Å². The van der Waals surface area contributed by atoms with Gasteiger partial charge in [-0.3, -0.25) is 4.79 Å². The van der Waals surface area contributed by atoms with Gasteiger partial charge in [-0.05, 0) is 12.3 Å². The molecule has 0 aliphatic carbocycles. The maximum atomic E-state index is 12.2. The number of hydrogen-bond acceptors (Lipinski definition) is 5. The summed E-state index contributed by atoms with van der Waals surface area (Å²) in [6.07, 6.45) is 1.18. The van der Waals surface area contributed by atoms with Crippen molar-refractivity contribution in [2.24, 2.45) is 11.8 Å². The molecule has 1 saturated heterocycles. The molecule has 2 N–H and O–H groups in total. The fourth-order valence-electron chi connectivity index (χ4n) is 2.39. The number of hydrogen-bond donors (Lipinski definition) is 1. The molecule has 0 radical (unpaired) electrons. The highest BCUT2D eigenvalue weighted by molar-refractivity contribution is 7.19. The van der Waals surface area contributed by atoms with Crippen molar-refractivity contribution in [3.63, 3.8) is 0 Å². The Morgan fingerprint density at radius 1 is 1.53 bits per heavy atom. The molecule has 0 spiro atoms. The second-order valence-corrected chi connectivity index (χ2v) is 6.54. The van der Waals surface area contributed by atoms with Crippen molar-refractivity contribution in [1.29, 1.82) is 0 Å². The Labute approximate surface area is 118 Å². The van der Waals surface area contributed by atoms with Gasteiger partial charge in [-0.15, -0.1) is 11.3 Å². The first-order chi connectivity index (χ1) is 8.95. The molecule has 2 rings (SSSR count). The molecule has 2 heterocycles. The molecular formula is C14H22N2O2S. The maximum absolute atomic E-state index is 12.2. The summed E-state index contributed by atoms with van der Waals surface area (Å²) in [4.78, 5) is 15.1. The van der Waals surface area contributed by atoms with E-state index in [0.717, 1.165) is 18.1 Å². The summed E-state index contributed by atoms with van der Waals surface area (Å²) in [7, 11) is 1.62. The van der Waals surface area contributed by atoms with Gasteiger partial charge < -0.3 is 15.4 Å². The number of thiophene rings is 1. The van der Waals surface area contributed by atoms with Gasteiger partial charge in [0, 0.05) is 19.0 Å². The first-order valence-corrected chi connectivity index (χ1v) is 7.52. The van der Waals surface area contributed by atoms with Crippen LogP contribution < -0.4 is 15.4 Å². The molecule has 1 unspecified atom stereocenters. The van der Waals surface area contributed by atoms with Crippen molar-refractivity contribution >= 4 is 27.8 Å². The van der Waals surface area contributed by atoms with Crippen molar-refractivity contribution in [1.82, 2.24) is 0 Å². The molecule has 5 heteroatoms. The SMILES string of the molecule is COc1c(N2CCC(C)C2)sc(C(=O)C(C)C)c1N. The molecule has 1 aromatic rings. The lowest BCUT2D eigenvalue weighted by molar-refractivity contribution is 0.0944. The fourth-order valence-corrected chi connectivity index (χ4v) is 3.70. The van der Waals surface area contributed by atoms with E-state index in [0.29, 0.717) is 22.2 Å². The third kappa shape index (κ3) is 2.56. The van der Waals surface area contributed by atoms with E-state index in [1.54, 1.807) is 7.11 Å². The number of nitrogen functional groups attached to an aromatic ring is 1. The average molecular weight is 282 g/mol. The standard InChI is InChI=1S/C14H22N2O2S/c1-8(2)11(17)13-10(15)12(18-4)14(19-13)16-6-5-9(3)7-16/h8-9H,5-7,15H2,1-4H3. The van der Waals surface area contributed by atoms with Gasteiger partial charge in [0.25, 0.3) is 0 Å². The van der Waals surface area contributed by atoms with Crippen LogP contribution in [0.2, 0.25) is 0 Å². The molecule has 0 amide bonds. The summed E-state index contributed by atoms with van der Waals surface area (Å²) in [5, 5.41) is 1.01. The first-order valence-electron chi connectivity index (χ1n) is 6.71. The summed E-state index contributed by atoms with van der Waals surface area (Å²) in [6.45, 7) is 8.04. The van der Waals surface area contributed by atoms with Crippen LogP contribution in [0, 0.1) is 11.8 Å². The second-order valence-electron chi connectivity index (χ2n) is 5.54. The molecule has 4 nitrogen and oxygen atoms in total. The van der Waals surface area contributed by atoms with Crippen molar-refractivity contribution in [2.45, 2.75) is 27.2 Å². The van der Waals surface area contributed by atoms with E-state index in [9.17, 15) is 4.79 Å². The zero-order chi connectivity index (χ0) is 14.2. The van der Waals surface area contributed by atoms with E-state index in [2.05, 4.69) is 11.8 Å². The molecule has 1 aromatic heterocycles. The third-order valence-electron chi connectivity index (χ3n) is 3.55. The van der Waals surface area contributed by atoms with Crippen LogP contribution in [0.3, 0.4) is 0 Å². The molecule has 0 saturated carbocycles. The Balaban J connectivity index is 2.39. The Hall–Kier alpha value is -1.23.